The highest BCUT2D eigenvalue weighted by atomic mass is 16.2. The van der Waals surface area contributed by atoms with Crippen molar-refractivity contribution < 1.29 is 14.4 Å². The highest BCUT2D eigenvalue weighted by Crippen LogP contribution is 2.59. The standard InChI is InChI=1S/C24H16N2O3/c27-21-16-11-5-7-13-18(16)24(25-21)17-12-6-4-10-15(17)19-20(24)23(29)26(22(19)28)14-8-2-1-3-9-14/h1-13,19-20H,(H,25,27). The number of nitrogens with one attached hydrogen (secondary N) is 1. The number of carbonyl (C=O) groups excluding carboxylic acids is 3. The van der Waals surface area contributed by atoms with Crippen molar-refractivity contribution in [2.24, 2.45) is 5.92 Å². The van der Waals surface area contributed by atoms with Gasteiger partial charge in [0.1, 0.15) is 5.54 Å². The minimum absolute atomic E-state index is 0.213. The Morgan fingerprint density at radius 2 is 1.38 bits per heavy atom. The predicted molar refractivity (Wildman–Crippen MR) is 106 cm³/mol. The van der Waals surface area contributed by atoms with Crippen LogP contribution in [0, 0.1) is 5.92 Å². The highest BCUT2D eigenvalue weighted by molar-refractivity contribution is 6.26. The van der Waals surface area contributed by atoms with E-state index in [2.05, 4.69) is 5.32 Å². The molecule has 140 valence electrons. The van der Waals surface area contributed by atoms with Crippen molar-refractivity contribution in [2.75, 3.05) is 4.90 Å². The van der Waals surface area contributed by atoms with E-state index in [-0.39, 0.29) is 17.7 Å². The number of nitrogens with zero attached hydrogens (tertiary/aromatic N) is 1. The van der Waals surface area contributed by atoms with Gasteiger partial charge in [0.05, 0.1) is 17.5 Å². The predicted octanol–water partition coefficient (Wildman–Crippen LogP) is 2.96. The Labute approximate surface area is 167 Å². The first-order valence-corrected chi connectivity index (χ1v) is 9.59. The van der Waals surface area contributed by atoms with E-state index in [1.807, 2.05) is 48.5 Å². The Kier molecular flexibility index (Phi) is 3.03. The third-order valence-electron chi connectivity index (χ3n) is 6.42. The number of amides is 3. The first-order valence-electron chi connectivity index (χ1n) is 9.59. The summed E-state index contributed by atoms with van der Waals surface area (Å²) in [6.45, 7) is 0. The van der Waals surface area contributed by atoms with E-state index >= 15 is 0 Å². The van der Waals surface area contributed by atoms with E-state index < -0.39 is 17.4 Å². The average Bonchev–Trinajstić information content (AvgIpc) is 3.32. The molecule has 3 unspecified atom stereocenters. The summed E-state index contributed by atoms with van der Waals surface area (Å²) in [7, 11) is 0. The summed E-state index contributed by atoms with van der Waals surface area (Å²) in [6, 6.07) is 23.9. The molecular formula is C24H16N2O3. The number of benzene rings is 3. The van der Waals surface area contributed by atoms with Crippen LogP contribution in [0.1, 0.15) is 33.0 Å². The molecule has 1 spiro atoms. The maximum atomic E-state index is 13.7. The third kappa shape index (κ3) is 1.82. The third-order valence-corrected chi connectivity index (χ3v) is 6.42. The molecule has 3 amide bonds. The van der Waals surface area contributed by atoms with E-state index in [1.54, 1.807) is 30.3 Å². The van der Waals surface area contributed by atoms with E-state index in [0.29, 0.717) is 11.3 Å². The summed E-state index contributed by atoms with van der Waals surface area (Å²) in [4.78, 5) is 41.3. The zero-order chi connectivity index (χ0) is 19.8. The second-order valence-corrected chi connectivity index (χ2v) is 7.70. The molecule has 6 rings (SSSR count). The number of imide groups is 1. The minimum atomic E-state index is -1.02. The lowest BCUT2D eigenvalue weighted by Crippen LogP contribution is -2.48. The minimum Gasteiger partial charge on any atom is -0.337 e. The average molecular weight is 380 g/mol. The van der Waals surface area contributed by atoms with Gasteiger partial charge in [0.15, 0.2) is 0 Å². The van der Waals surface area contributed by atoms with Crippen molar-refractivity contribution in [3.05, 3.63) is 101 Å². The molecule has 3 aromatic carbocycles. The monoisotopic (exact) mass is 380 g/mol. The van der Waals surface area contributed by atoms with Crippen LogP contribution in [-0.2, 0) is 15.1 Å². The van der Waals surface area contributed by atoms with E-state index in [0.717, 1.165) is 16.7 Å². The molecule has 1 N–H and O–H groups in total. The first-order chi connectivity index (χ1) is 14.1. The number of fused-ring (bicyclic) bond motifs is 7. The lowest BCUT2D eigenvalue weighted by molar-refractivity contribution is -0.123. The Morgan fingerprint density at radius 3 is 2.17 bits per heavy atom. The quantitative estimate of drug-likeness (QED) is 0.660. The van der Waals surface area contributed by atoms with Crippen LogP contribution in [-0.4, -0.2) is 17.7 Å². The van der Waals surface area contributed by atoms with Crippen molar-refractivity contribution >= 4 is 23.4 Å². The summed E-state index contributed by atoms with van der Waals surface area (Å²) in [5, 5.41) is 3.11. The zero-order valence-electron chi connectivity index (χ0n) is 15.3. The smallest absolute Gasteiger partial charge is 0.252 e. The maximum Gasteiger partial charge on any atom is 0.252 e. The molecule has 3 atom stereocenters. The lowest BCUT2D eigenvalue weighted by atomic mass is 9.76. The number of anilines is 1. The van der Waals surface area contributed by atoms with Crippen LogP contribution < -0.4 is 10.2 Å². The molecular weight excluding hydrogens is 364 g/mol. The van der Waals surface area contributed by atoms with Gasteiger partial charge in [-0.25, -0.2) is 4.90 Å². The SMILES string of the molecule is O=C1NC2(c3ccccc31)c1ccccc1C1C(=O)N(c3ccccc3)C(=O)C12. The summed E-state index contributed by atoms with van der Waals surface area (Å²) in [5.41, 5.74) is 2.50. The number of para-hydroxylation sites is 1. The molecule has 1 saturated heterocycles. The van der Waals surface area contributed by atoms with Crippen LogP contribution in [0.2, 0.25) is 0 Å². The second kappa shape index (κ2) is 5.41. The van der Waals surface area contributed by atoms with Crippen LogP contribution in [0.5, 0.6) is 0 Å². The van der Waals surface area contributed by atoms with Crippen LogP contribution in [0.4, 0.5) is 5.69 Å². The molecule has 5 heteroatoms. The summed E-state index contributed by atoms with van der Waals surface area (Å²) >= 11 is 0. The molecule has 2 aliphatic heterocycles. The number of hydrogen-bond acceptors (Lipinski definition) is 3. The van der Waals surface area contributed by atoms with E-state index in [4.69, 9.17) is 0 Å². The highest BCUT2D eigenvalue weighted by Gasteiger charge is 2.67. The molecule has 3 aliphatic rings. The number of hydrogen-bond donors (Lipinski definition) is 1. The van der Waals surface area contributed by atoms with Gasteiger partial charge >= 0.3 is 0 Å². The molecule has 5 nitrogen and oxygen atoms in total. The molecule has 1 fully saturated rings. The summed E-state index contributed by atoms with van der Waals surface area (Å²) in [6.07, 6.45) is 0. The molecule has 3 aromatic rings. The van der Waals surface area contributed by atoms with Gasteiger partial charge in [0, 0.05) is 5.56 Å². The number of carbonyl (C=O) groups is 3. The van der Waals surface area contributed by atoms with E-state index in [1.165, 1.54) is 4.90 Å². The topological polar surface area (TPSA) is 66.5 Å². The van der Waals surface area contributed by atoms with Gasteiger partial charge in [0.25, 0.3) is 5.91 Å². The first kappa shape index (κ1) is 16.2. The van der Waals surface area contributed by atoms with Gasteiger partial charge in [0.2, 0.25) is 11.8 Å². The van der Waals surface area contributed by atoms with Crippen LogP contribution >= 0.6 is 0 Å². The normalized spacial score (nSPS) is 26.5. The molecule has 1 aliphatic carbocycles. The van der Waals surface area contributed by atoms with Crippen LogP contribution in [0.3, 0.4) is 0 Å². The Morgan fingerprint density at radius 1 is 0.724 bits per heavy atom. The van der Waals surface area contributed by atoms with Gasteiger partial charge in [-0.2, -0.15) is 0 Å². The van der Waals surface area contributed by atoms with Crippen LogP contribution in [0.25, 0.3) is 0 Å². The van der Waals surface area contributed by atoms with Crippen molar-refractivity contribution in [1.82, 2.24) is 5.32 Å². The lowest BCUT2D eigenvalue weighted by Gasteiger charge is -2.32. The molecule has 0 aromatic heterocycles. The Hall–Kier alpha value is -3.73. The Bertz CT molecular complexity index is 1220. The summed E-state index contributed by atoms with van der Waals surface area (Å²) < 4.78 is 0. The zero-order valence-corrected chi connectivity index (χ0v) is 15.3. The number of rotatable bonds is 1. The Balaban J connectivity index is 1.63. The second-order valence-electron chi connectivity index (χ2n) is 7.70. The largest absolute Gasteiger partial charge is 0.337 e. The van der Waals surface area contributed by atoms with Gasteiger partial charge in [-0.1, -0.05) is 60.7 Å². The van der Waals surface area contributed by atoms with Crippen LogP contribution in [0.15, 0.2) is 78.9 Å². The fourth-order valence-electron chi connectivity index (χ4n) is 5.34. The fraction of sp³-hybridized carbons (Fsp3) is 0.125. The van der Waals surface area contributed by atoms with Gasteiger partial charge in [-0.05, 0) is 34.9 Å². The van der Waals surface area contributed by atoms with Crippen molar-refractivity contribution in [1.29, 1.82) is 0 Å². The van der Waals surface area contributed by atoms with E-state index in [9.17, 15) is 14.4 Å². The van der Waals surface area contributed by atoms with Crippen molar-refractivity contribution in [3.63, 3.8) is 0 Å². The van der Waals surface area contributed by atoms with Gasteiger partial charge in [-0.15, -0.1) is 0 Å². The van der Waals surface area contributed by atoms with Gasteiger partial charge in [-0.3, -0.25) is 14.4 Å². The molecule has 0 bridgehead atoms. The summed E-state index contributed by atoms with van der Waals surface area (Å²) in [5.74, 6) is -2.06. The molecule has 2 heterocycles. The van der Waals surface area contributed by atoms with Crippen molar-refractivity contribution in [3.8, 4) is 0 Å². The van der Waals surface area contributed by atoms with Gasteiger partial charge < -0.3 is 5.32 Å². The molecule has 0 saturated carbocycles. The fourth-order valence-corrected chi connectivity index (χ4v) is 5.34. The molecule has 29 heavy (non-hydrogen) atoms. The molecule has 0 radical (unpaired) electrons. The maximum absolute atomic E-state index is 13.7. The van der Waals surface area contributed by atoms with Crippen molar-refractivity contribution in [2.45, 2.75) is 11.5 Å².